The van der Waals surface area contributed by atoms with Gasteiger partial charge in [-0.3, -0.25) is 4.79 Å². The van der Waals surface area contributed by atoms with E-state index in [0.29, 0.717) is 18.7 Å². The Kier molecular flexibility index (Phi) is 5.62. The summed E-state index contributed by atoms with van der Waals surface area (Å²) in [7, 11) is -3.49. The molecule has 6 nitrogen and oxygen atoms in total. The number of hydrogen-bond acceptors (Lipinski definition) is 3. The number of benzene rings is 2. The molecule has 0 radical (unpaired) electrons. The molecule has 1 saturated heterocycles. The summed E-state index contributed by atoms with van der Waals surface area (Å²) in [6.07, 6.45) is 3.56. The predicted octanol–water partition coefficient (Wildman–Crippen LogP) is 3.44. The zero-order valence-electron chi connectivity index (χ0n) is 16.7. The molecule has 30 heavy (non-hydrogen) atoms. The lowest BCUT2D eigenvalue weighted by Crippen LogP contribution is -2.30. The molecule has 1 fully saturated rings. The first-order valence-electron chi connectivity index (χ1n) is 9.99. The molecule has 0 unspecified atom stereocenters. The molecule has 2 aromatic carbocycles. The second-order valence-corrected chi connectivity index (χ2v) is 9.52. The van der Waals surface area contributed by atoms with E-state index < -0.39 is 16.1 Å². The van der Waals surface area contributed by atoms with Gasteiger partial charge in [0.1, 0.15) is 11.9 Å². The molecule has 3 aromatic rings. The quantitative estimate of drug-likeness (QED) is 0.653. The Morgan fingerprint density at radius 2 is 1.90 bits per heavy atom. The summed E-state index contributed by atoms with van der Waals surface area (Å²) in [6.45, 7) is 3.13. The number of carbonyl (C=O) groups excluding carboxylic acids is 1. The van der Waals surface area contributed by atoms with Crippen LogP contribution < -0.4 is 5.32 Å². The van der Waals surface area contributed by atoms with Crippen LogP contribution in [0.5, 0.6) is 0 Å². The Morgan fingerprint density at radius 3 is 2.63 bits per heavy atom. The molecule has 0 aliphatic carbocycles. The predicted molar refractivity (Wildman–Crippen MR) is 113 cm³/mol. The zero-order valence-corrected chi connectivity index (χ0v) is 17.5. The largest absolute Gasteiger partial charge is 0.350 e. The Balaban J connectivity index is 1.52. The van der Waals surface area contributed by atoms with Crippen molar-refractivity contribution in [1.82, 2.24) is 14.2 Å². The fourth-order valence-corrected chi connectivity index (χ4v) is 5.38. The average molecular weight is 430 g/mol. The highest BCUT2D eigenvalue weighted by molar-refractivity contribution is 7.89. The lowest BCUT2D eigenvalue weighted by molar-refractivity contribution is -0.123. The molecule has 4 rings (SSSR count). The van der Waals surface area contributed by atoms with Gasteiger partial charge < -0.3 is 9.88 Å². The van der Waals surface area contributed by atoms with Crippen LogP contribution in [0, 0.1) is 5.82 Å². The lowest BCUT2D eigenvalue weighted by Gasteiger charge is -2.17. The second kappa shape index (κ2) is 8.20. The topological polar surface area (TPSA) is 71.4 Å². The number of halogens is 1. The van der Waals surface area contributed by atoms with Crippen molar-refractivity contribution < 1.29 is 17.6 Å². The van der Waals surface area contributed by atoms with Crippen molar-refractivity contribution in [3.8, 4) is 0 Å². The van der Waals surface area contributed by atoms with Gasteiger partial charge in [-0.2, -0.15) is 4.31 Å². The summed E-state index contributed by atoms with van der Waals surface area (Å²) in [5.74, 6) is -0.545. The molecule has 0 spiro atoms. The van der Waals surface area contributed by atoms with Gasteiger partial charge in [-0.05, 0) is 61.7 Å². The Labute approximate surface area is 175 Å². The number of fused-ring (bicyclic) bond motifs is 1. The number of sulfonamides is 1. The van der Waals surface area contributed by atoms with Gasteiger partial charge in [0.2, 0.25) is 15.9 Å². The third-order valence-electron chi connectivity index (χ3n) is 5.55. The number of aromatic nitrogens is 1. The first-order valence-corrected chi connectivity index (χ1v) is 11.4. The van der Waals surface area contributed by atoms with E-state index in [4.69, 9.17) is 0 Å². The van der Waals surface area contributed by atoms with E-state index >= 15 is 0 Å². The van der Waals surface area contributed by atoms with Crippen LogP contribution in [0.1, 0.15) is 31.4 Å². The van der Waals surface area contributed by atoms with Crippen LogP contribution in [0.4, 0.5) is 4.39 Å². The maximum atomic E-state index is 13.3. The molecular formula is C22H24FN3O3S. The summed E-state index contributed by atoms with van der Waals surface area (Å²) < 4.78 is 42.2. The fraction of sp³-hybridized carbons (Fsp3) is 0.318. The first kappa shape index (κ1) is 20.6. The normalized spacial score (nSPS) is 16.1. The molecule has 8 heteroatoms. The van der Waals surface area contributed by atoms with Crippen LogP contribution in [0.3, 0.4) is 0 Å². The number of amides is 1. The van der Waals surface area contributed by atoms with Crippen LogP contribution >= 0.6 is 0 Å². The third kappa shape index (κ3) is 3.97. The summed E-state index contributed by atoms with van der Waals surface area (Å²) >= 11 is 0. The highest BCUT2D eigenvalue weighted by atomic mass is 32.2. The van der Waals surface area contributed by atoms with Crippen molar-refractivity contribution in [2.75, 3.05) is 13.1 Å². The standard InChI is InChI=1S/C22H24FN3O3S/c1-16(22(27)24-15-17-5-4-6-19(23)13-17)26-12-9-18-14-20(7-8-21(18)26)30(28,29)25-10-2-3-11-25/h4-9,12-14,16H,2-3,10-11,15H2,1H3,(H,24,27)/t16-/m0/s1. The van der Waals surface area contributed by atoms with Crippen LogP contribution in [0.2, 0.25) is 0 Å². The van der Waals surface area contributed by atoms with Crippen molar-refractivity contribution in [3.05, 3.63) is 66.1 Å². The molecule has 0 saturated carbocycles. The van der Waals surface area contributed by atoms with E-state index in [-0.39, 0.29) is 23.2 Å². The van der Waals surface area contributed by atoms with Gasteiger partial charge in [0.05, 0.1) is 4.90 Å². The van der Waals surface area contributed by atoms with Crippen molar-refractivity contribution >= 4 is 26.8 Å². The van der Waals surface area contributed by atoms with Gasteiger partial charge in [-0.1, -0.05) is 12.1 Å². The average Bonchev–Trinajstić information content (AvgIpc) is 3.41. The maximum absolute atomic E-state index is 13.3. The number of carbonyl (C=O) groups is 1. The van der Waals surface area contributed by atoms with Gasteiger partial charge in [0, 0.05) is 36.7 Å². The highest BCUT2D eigenvalue weighted by Gasteiger charge is 2.27. The maximum Gasteiger partial charge on any atom is 0.243 e. The fourth-order valence-electron chi connectivity index (χ4n) is 3.83. The number of hydrogen-bond donors (Lipinski definition) is 1. The summed E-state index contributed by atoms with van der Waals surface area (Å²) in [5, 5.41) is 3.59. The number of nitrogens with zero attached hydrogens (tertiary/aromatic N) is 2. The van der Waals surface area contributed by atoms with Gasteiger partial charge >= 0.3 is 0 Å². The summed E-state index contributed by atoms with van der Waals surface area (Å²) in [6, 6.07) is 12.4. The van der Waals surface area contributed by atoms with Crippen molar-refractivity contribution in [3.63, 3.8) is 0 Å². The molecule has 2 heterocycles. The van der Waals surface area contributed by atoms with E-state index in [1.807, 2.05) is 10.6 Å². The molecule has 1 N–H and O–H groups in total. The molecular weight excluding hydrogens is 405 g/mol. The van der Waals surface area contributed by atoms with Gasteiger partial charge in [0.15, 0.2) is 0 Å². The van der Waals surface area contributed by atoms with Crippen molar-refractivity contribution in [2.24, 2.45) is 0 Å². The summed E-state index contributed by atoms with van der Waals surface area (Å²) in [5.41, 5.74) is 1.47. The van der Waals surface area contributed by atoms with Crippen LogP contribution in [0.25, 0.3) is 10.9 Å². The minimum Gasteiger partial charge on any atom is -0.350 e. The smallest absolute Gasteiger partial charge is 0.243 e. The van der Waals surface area contributed by atoms with Crippen LogP contribution in [0.15, 0.2) is 59.6 Å². The summed E-state index contributed by atoms with van der Waals surface area (Å²) in [4.78, 5) is 12.9. The molecule has 158 valence electrons. The van der Waals surface area contributed by atoms with E-state index in [1.165, 1.54) is 16.4 Å². The first-order chi connectivity index (χ1) is 14.4. The molecule has 1 atom stereocenters. The van der Waals surface area contributed by atoms with Gasteiger partial charge in [-0.25, -0.2) is 12.8 Å². The van der Waals surface area contributed by atoms with E-state index in [2.05, 4.69) is 5.32 Å². The van der Waals surface area contributed by atoms with Gasteiger partial charge in [-0.15, -0.1) is 0 Å². The lowest BCUT2D eigenvalue weighted by atomic mass is 10.2. The van der Waals surface area contributed by atoms with E-state index in [0.717, 1.165) is 23.7 Å². The molecule has 1 aliphatic heterocycles. The minimum atomic E-state index is -3.49. The van der Waals surface area contributed by atoms with E-state index in [1.54, 1.807) is 43.5 Å². The zero-order chi connectivity index (χ0) is 21.3. The molecule has 1 aliphatic rings. The second-order valence-electron chi connectivity index (χ2n) is 7.58. The van der Waals surface area contributed by atoms with Gasteiger partial charge in [0.25, 0.3) is 0 Å². The SMILES string of the molecule is C[C@@H](C(=O)NCc1cccc(F)c1)n1ccc2cc(S(=O)(=O)N3CCCC3)ccc21. The molecule has 1 amide bonds. The number of nitrogens with one attached hydrogen (secondary N) is 1. The number of rotatable bonds is 6. The third-order valence-corrected chi connectivity index (χ3v) is 7.44. The van der Waals surface area contributed by atoms with Crippen molar-refractivity contribution in [2.45, 2.75) is 37.2 Å². The molecule has 1 aromatic heterocycles. The Bertz CT molecular complexity index is 1180. The Morgan fingerprint density at radius 1 is 1.13 bits per heavy atom. The molecule has 0 bridgehead atoms. The van der Waals surface area contributed by atoms with Crippen molar-refractivity contribution in [1.29, 1.82) is 0 Å². The van der Waals surface area contributed by atoms with Crippen LogP contribution in [-0.4, -0.2) is 36.3 Å². The minimum absolute atomic E-state index is 0.203. The highest BCUT2D eigenvalue weighted by Crippen LogP contribution is 2.27. The van der Waals surface area contributed by atoms with Crippen LogP contribution in [-0.2, 0) is 21.4 Å². The monoisotopic (exact) mass is 429 g/mol. The van der Waals surface area contributed by atoms with E-state index in [9.17, 15) is 17.6 Å². The Hall–Kier alpha value is -2.71.